The lowest BCUT2D eigenvalue weighted by Gasteiger charge is -2.05. The minimum absolute atomic E-state index is 0.162. The highest BCUT2D eigenvalue weighted by molar-refractivity contribution is 5.92. The number of aromatic amines is 1. The van der Waals surface area contributed by atoms with E-state index >= 15 is 0 Å². The van der Waals surface area contributed by atoms with E-state index in [-0.39, 0.29) is 18.1 Å². The molecule has 0 spiro atoms. The van der Waals surface area contributed by atoms with E-state index in [1.54, 1.807) is 12.1 Å². The van der Waals surface area contributed by atoms with Crippen molar-refractivity contribution in [1.82, 2.24) is 10.2 Å². The summed E-state index contributed by atoms with van der Waals surface area (Å²) in [6, 6.07) is 8.94. The predicted molar refractivity (Wildman–Crippen MR) is 90.9 cm³/mol. The van der Waals surface area contributed by atoms with E-state index in [0.29, 0.717) is 11.6 Å². The Balaban J connectivity index is 1.73. The smallest absolute Gasteiger partial charge is 0.230 e. The van der Waals surface area contributed by atoms with Gasteiger partial charge in [-0.3, -0.25) is 9.89 Å². The summed E-state index contributed by atoms with van der Waals surface area (Å²) >= 11 is 0. The quantitative estimate of drug-likeness (QED) is 0.685. The normalized spacial score (nSPS) is 10.8. The van der Waals surface area contributed by atoms with Crippen LogP contribution in [0.4, 0.5) is 5.82 Å². The van der Waals surface area contributed by atoms with Gasteiger partial charge in [0.15, 0.2) is 11.6 Å². The molecule has 0 aliphatic heterocycles. The number of aryl methyl sites for hydroxylation is 2. The van der Waals surface area contributed by atoms with Crippen molar-refractivity contribution in [2.75, 3.05) is 5.32 Å². The predicted octanol–water partition coefficient (Wildman–Crippen LogP) is 3.48. The second-order valence-corrected chi connectivity index (χ2v) is 5.83. The Morgan fingerprint density at radius 2 is 2.04 bits per heavy atom. The minimum atomic E-state index is -0.199. The van der Waals surface area contributed by atoms with Crippen LogP contribution in [0.3, 0.4) is 0 Å². The maximum absolute atomic E-state index is 12.2. The third-order valence-electron chi connectivity index (χ3n) is 3.89. The molecule has 0 fully saturated rings. The molecule has 0 bridgehead atoms. The van der Waals surface area contributed by atoms with Gasteiger partial charge >= 0.3 is 0 Å². The van der Waals surface area contributed by atoms with Crippen molar-refractivity contribution in [3.63, 3.8) is 0 Å². The fourth-order valence-corrected chi connectivity index (χ4v) is 2.45. The van der Waals surface area contributed by atoms with Gasteiger partial charge in [0.25, 0.3) is 0 Å². The zero-order valence-corrected chi connectivity index (χ0v) is 13.8. The topological polar surface area (TPSA) is 91.2 Å². The Kier molecular flexibility index (Phi) is 4.12. The van der Waals surface area contributed by atoms with E-state index in [2.05, 4.69) is 15.5 Å². The maximum Gasteiger partial charge on any atom is 0.230 e. The Hall–Kier alpha value is -3.02. The van der Waals surface area contributed by atoms with E-state index < -0.39 is 0 Å². The number of phenolic OH excluding ortho intramolecular Hbond substituents is 1. The van der Waals surface area contributed by atoms with Crippen molar-refractivity contribution < 1.29 is 14.3 Å². The molecule has 6 heteroatoms. The van der Waals surface area contributed by atoms with E-state index in [1.165, 1.54) is 0 Å². The largest absolute Gasteiger partial charge is 0.508 e. The summed E-state index contributed by atoms with van der Waals surface area (Å²) in [7, 11) is 0. The van der Waals surface area contributed by atoms with Crippen molar-refractivity contribution in [2.24, 2.45) is 0 Å². The standard InChI is InChI=1S/C18H19N3O3/c1-10-4-6-13(8-14(10)22)9-16(23)19-18-12(3)17(20-21-18)15-7-5-11(2)24-15/h4-8,22H,9H2,1-3H3,(H2,19,20,21,23). The molecule has 3 N–H and O–H groups in total. The van der Waals surface area contributed by atoms with Crippen molar-refractivity contribution >= 4 is 11.7 Å². The molecule has 0 atom stereocenters. The van der Waals surface area contributed by atoms with Gasteiger partial charge in [0.05, 0.1) is 6.42 Å². The van der Waals surface area contributed by atoms with Crippen LogP contribution in [0.15, 0.2) is 34.7 Å². The molecule has 2 aromatic heterocycles. The van der Waals surface area contributed by atoms with Gasteiger partial charge in [0.2, 0.25) is 5.91 Å². The van der Waals surface area contributed by atoms with Crippen molar-refractivity contribution in [3.8, 4) is 17.2 Å². The molecule has 3 aromatic rings. The van der Waals surface area contributed by atoms with Crippen LogP contribution < -0.4 is 5.32 Å². The molecule has 0 unspecified atom stereocenters. The van der Waals surface area contributed by atoms with Crippen molar-refractivity contribution in [3.05, 3.63) is 52.8 Å². The number of furan rings is 1. The third kappa shape index (κ3) is 3.17. The summed E-state index contributed by atoms with van der Waals surface area (Å²) in [6.45, 7) is 5.54. The summed E-state index contributed by atoms with van der Waals surface area (Å²) in [5.74, 6) is 1.95. The lowest BCUT2D eigenvalue weighted by Crippen LogP contribution is -2.15. The zero-order chi connectivity index (χ0) is 17.3. The molecule has 1 aromatic carbocycles. The average Bonchev–Trinajstić information content (AvgIpc) is 3.10. The van der Waals surface area contributed by atoms with Crippen molar-refractivity contribution in [1.29, 1.82) is 0 Å². The first-order chi connectivity index (χ1) is 11.4. The number of anilines is 1. The SMILES string of the molecule is Cc1ccc(-c2[nH]nc(NC(=O)Cc3ccc(C)c(O)c3)c2C)o1. The summed E-state index contributed by atoms with van der Waals surface area (Å²) in [4.78, 5) is 12.2. The molecular weight excluding hydrogens is 306 g/mol. The fraction of sp³-hybridized carbons (Fsp3) is 0.222. The summed E-state index contributed by atoms with van der Waals surface area (Å²) in [5.41, 5.74) is 3.07. The molecular formula is C18H19N3O3. The van der Waals surface area contributed by atoms with Gasteiger partial charge < -0.3 is 14.8 Å². The van der Waals surface area contributed by atoms with Crippen LogP contribution >= 0.6 is 0 Å². The summed E-state index contributed by atoms with van der Waals surface area (Å²) in [5, 5.41) is 19.5. The Bertz CT molecular complexity index is 893. The van der Waals surface area contributed by atoms with Crippen LogP contribution in [0.5, 0.6) is 5.75 Å². The monoisotopic (exact) mass is 325 g/mol. The number of carbonyl (C=O) groups excluding carboxylic acids is 1. The van der Waals surface area contributed by atoms with Crippen LogP contribution in [0.2, 0.25) is 0 Å². The first kappa shape index (κ1) is 15.9. The number of amides is 1. The lowest BCUT2D eigenvalue weighted by molar-refractivity contribution is -0.115. The van der Waals surface area contributed by atoms with Gasteiger partial charge in [-0.05, 0) is 50.1 Å². The van der Waals surface area contributed by atoms with Gasteiger partial charge in [-0.1, -0.05) is 12.1 Å². The Morgan fingerprint density at radius 1 is 1.25 bits per heavy atom. The van der Waals surface area contributed by atoms with Gasteiger partial charge in [0.1, 0.15) is 17.2 Å². The molecule has 3 rings (SSSR count). The number of aromatic nitrogens is 2. The highest BCUT2D eigenvalue weighted by Gasteiger charge is 2.15. The first-order valence-corrected chi connectivity index (χ1v) is 7.64. The van der Waals surface area contributed by atoms with E-state index in [9.17, 15) is 9.90 Å². The molecule has 0 aliphatic rings. The number of rotatable bonds is 4. The molecule has 124 valence electrons. The van der Waals surface area contributed by atoms with Crippen LogP contribution in [0.25, 0.3) is 11.5 Å². The van der Waals surface area contributed by atoms with Crippen LogP contribution in [0, 0.1) is 20.8 Å². The molecule has 2 heterocycles. The number of nitrogens with zero attached hydrogens (tertiary/aromatic N) is 1. The fourth-order valence-electron chi connectivity index (χ4n) is 2.45. The third-order valence-corrected chi connectivity index (χ3v) is 3.89. The number of aromatic hydroxyl groups is 1. The zero-order valence-electron chi connectivity index (χ0n) is 13.8. The van der Waals surface area contributed by atoms with Crippen molar-refractivity contribution in [2.45, 2.75) is 27.2 Å². The molecule has 0 radical (unpaired) electrons. The second-order valence-electron chi connectivity index (χ2n) is 5.83. The number of carbonyl (C=O) groups is 1. The van der Waals surface area contributed by atoms with Gasteiger partial charge in [-0.15, -0.1) is 0 Å². The number of phenols is 1. The molecule has 1 amide bonds. The summed E-state index contributed by atoms with van der Waals surface area (Å²) < 4.78 is 5.58. The minimum Gasteiger partial charge on any atom is -0.508 e. The van der Waals surface area contributed by atoms with E-state index in [1.807, 2.05) is 39.0 Å². The Labute approximate surface area is 139 Å². The molecule has 0 aliphatic carbocycles. The highest BCUT2D eigenvalue weighted by Crippen LogP contribution is 2.27. The van der Waals surface area contributed by atoms with Crippen LogP contribution in [0.1, 0.15) is 22.5 Å². The molecule has 24 heavy (non-hydrogen) atoms. The highest BCUT2D eigenvalue weighted by atomic mass is 16.3. The molecule has 0 saturated heterocycles. The number of hydrogen-bond donors (Lipinski definition) is 3. The van der Waals surface area contributed by atoms with Gasteiger partial charge in [-0.25, -0.2) is 0 Å². The van der Waals surface area contributed by atoms with E-state index in [0.717, 1.165) is 28.1 Å². The van der Waals surface area contributed by atoms with Crippen LogP contribution in [-0.4, -0.2) is 21.2 Å². The second kappa shape index (κ2) is 6.23. The Morgan fingerprint density at radius 3 is 2.71 bits per heavy atom. The maximum atomic E-state index is 12.2. The first-order valence-electron chi connectivity index (χ1n) is 7.64. The molecule has 0 saturated carbocycles. The number of hydrogen-bond acceptors (Lipinski definition) is 4. The summed E-state index contributed by atoms with van der Waals surface area (Å²) in [6.07, 6.45) is 0.162. The lowest BCUT2D eigenvalue weighted by atomic mass is 10.1. The van der Waals surface area contributed by atoms with Crippen LogP contribution in [-0.2, 0) is 11.2 Å². The van der Waals surface area contributed by atoms with Gasteiger partial charge in [0, 0.05) is 5.56 Å². The van der Waals surface area contributed by atoms with E-state index in [4.69, 9.17) is 4.42 Å². The molecule has 6 nitrogen and oxygen atoms in total. The number of nitrogens with one attached hydrogen (secondary N) is 2. The number of H-pyrrole nitrogens is 1. The number of benzene rings is 1. The van der Waals surface area contributed by atoms with Gasteiger partial charge in [-0.2, -0.15) is 5.10 Å². The average molecular weight is 325 g/mol.